The molecule has 0 bridgehead atoms. The van der Waals surface area contributed by atoms with Gasteiger partial charge in [0, 0.05) is 24.5 Å². The molecule has 0 radical (unpaired) electrons. The monoisotopic (exact) mass is 365 g/mol. The highest BCUT2D eigenvalue weighted by Crippen LogP contribution is 2.44. The summed E-state index contributed by atoms with van der Waals surface area (Å²) in [4.78, 5) is 4.68. The average Bonchev–Trinajstić information content (AvgIpc) is 3.17. The number of rotatable bonds is 7. The van der Waals surface area contributed by atoms with Crippen LogP contribution < -0.4 is 0 Å². The molecule has 27 heavy (non-hydrogen) atoms. The molecule has 0 amide bonds. The van der Waals surface area contributed by atoms with E-state index in [1.807, 2.05) is 12.1 Å². The molecule has 2 aromatic rings. The van der Waals surface area contributed by atoms with Crippen molar-refractivity contribution in [3.8, 4) is 6.07 Å². The molecule has 4 heteroatoms. The third-order valence-corrected chi connectivity index (χ3v) is 6.39. The zero-order chi connectivity index (χ0) is 19.3. The summed E-state index contributed by atoms with van der Waals surface area (Å²) in [6.07, 6.45) is 3.90. The SMILES string of the molecule is C[C@@H]1C[C@@](CCN(CC#N)Cc2ccco2)(c2ccccc2)[C@H](C)CN1C. The zero-order valence-corrected chi connectivity index (χ0v) is 16.8. The van der Waals surface area contributed by atoms with E-state index in [9.17, 15) is 5.26 Å². The molecule has 1 saturated heterocycles. The van der Waals surface area contributed by atoms with E-state index in [2.05, 4.69) is 67.1 Å². The van der Waals surface area contributed by atoms with Crippen LogP contribution >= 0.6 is 0 Å². The molecule has 2 heterocycles. The topological polar surface area (TPSA) is 43.4 Å². The predicted octanol–water partition coefficient (Wildman–Crippen LogP) is 4.29. The lowest BCUT2D eigenvalue weighted by Gasteiger charge is -2.50. The Bertz CT molecular complexity index is 737. The van der Waals surface area contributed by atoms with Crippen molar-refractivity contribution in [3.63, 3.8) is 0 Å². The lowest BCUT2D eigenvalue weighted by atomic mass is 9.63. The van der Waals surface area contributed by atoms with Crippen LogP contribution in [0.1, 0.15) is 38.0 Å². The summed E-state index contributed by atoms with van der Waals surface area (Å²) in [5, 5.41) is 9.28. The first-order valence-corrected chi connectivity index (χ1v) is 9.92. The van der Waals surface area contributed by atoms with Crippen LogP contribution in [-0.4, -0.2) is 42.5 Å². The molecule has 4 nitrogen and oxygen atoms in total. The smallest absolute Gasteiger partial charge is 0.117 e. The van der Waals surface area contributed by atoms with E-state index in [4.69, 9.17) is 4.42 Å². The molecule has 0 saturated carbocycles. The first kappa shape index (κ1) is 19.7. The molecule has 144 valence electrons. The van der Waals surface area contributed by atoms with Gasteiger partial charge in [-0.3, -0.25) is 4.90 Å². The van der Waals surface area contributed by atoms with Gasteiger partial charge < -0.3 is 9.32 Å². The van der Waals surface area contributed by atoms with Gasteiger partial charge in [0.05, 0.1) is 25.4 Å². The fourth-order valence-corrected chi connectivity index (χ4v) is 4.63. The van der Waals surface area contributed by atoms with Crippen molar-refractivity contribution in [1.29, 1.82) is 5.26 Å². The molecule has 0 spiro atoms. The van der Waals surface area contributed by atoms with Crippen molar-refractivity contribution >= 4 is 0 Å². The minimum Gasteiger partial charge on any atom is -0.468 e. The fraction of sp³-hybridized carbons (Fsp3) is 0.522. The first-order chi connectivity index (χ1) is 13.0. The van der Waals surface area contributed by atoms with Gasteiger partial charge in [-0.2, -0.15) is 5.26 Å². The number of nitrogens with zero attached hydrogens (tertiary/aromatic N) is 3. The van der Waals surface area contributed by atoms with Crippen LogP contribution in [0.3, 0.4) is 0 Å². The normalized spacial score (nSPS) is 26.2. The lowest BCUT2D eigenvalue weighted by molar-refractivity contribution is 0.0607. The van der Waals surface area contributed by atoms with Gasteiger partial charge in [-0.05, 0) is 50.4 Å². The van der Waals surface area contributed by atoms with Crippen LogP contribution in [0.25, 0.3) is 0 Å². The third kappa shape index (κ3) is 4.43. The standard InChI is InChI=1S/C23H31N3O/c1-19-17-25(3)20(2)16-23(19,21-8-5-4-6-9-21)11-13-26(14-12-24)18-22-10-7-15-27-22/h4-10,15,19-20H,11,13-14,16-18H2,1-3H3/t19-,20-,23-/m1/s1. The number of hydrogen-bond acceptors (Lipinski definition) is 4. The molecule has 3 rings (SSSR count). The molecule has 0 aliphatic carbocycles. The highest BCUT2D eigenvalue weighted by Gasteiger charge is 2.43. The number of furan rings is 1. The molecule has 1 aromatic heterocycles. The van der Waals surface area contributed by atoms with Crippen molar-refractivity contribution in [2.75, 3.05) is 26.7 Å². The van der Waals surface area contributed by atoms with Crippen molar-refractivity contribution in [2.45, 2.75) is 44.7 Å². The number of piperidine rings is 1. The zero-order valence-electron chi connectivity index (χ0n) is 16.8. The van der Waals surface area contributed by atoms with Crippen molar-refractivity contribution in [1.82, 2.24) is 9.80 Å². The van der Waals surface area contributed by atoms with Gasteiger partial charge in [0.25, 0.3) is 0 Å². The number of hydrogen-bond donors (Lipinski definition) is 0. The quantitative estimate of drug-likeness (QED) is 0.687. The molecular formula is C23H31N3O. The summed E-state index contributed by atoms with van der Waals surface area (Å²) in [5.41, 5.74) is 1.58. The fourth-order valence-electron chi connectivity index (χ4n) is 4.63. The number of benzene rings is 1. The average molecular weight is 366 g/mol. The number of likely N-dealkylation sites (tertiary alicyclic amines) is 1. The summed E-state index contributed by atoms with van der Waals surface area (Å²) in [6.45, 7) is 7.83. The minimum atomic E-state index is 0.143. The molecule has 0 N–H and O–H groups in total. The van der Waals surface area contributed by atoms with E-state index in [1.54, 1.807) is 6.26 Å². The van der Waals surface area contributed by atoms with Crippen molar-refractivity contribution < 1.29 is 4.42 Å². The van der Waals surface area contributed by atoms with Gasteiger partial charge in [0.1, 0.15) is 5.76 Å². The van der Waals surface area contributed by atoms with Crippen LogP contribution in [0.4, 0.5) is 0 Å². The van der Waals surface area contributed by atoms with Gasteiger partial charge in [-0.15, -0.1) is 0 Å². The Balaban J connectivity index is 1.82. The van der Waals surface area contributed by atoms with E-state index in [1.165, 1.54) is 5.56 Å². The van der Waals surface area contributed by atoms with Gasteiger partial charge >= 0.3 is 0 Å². The molecule has 1 fully saturated rings. The van der Waals surface area contributed by atoms with Crippen LogP contribution in [0.5, 0.6) is 0 Å². The molecule has 1 aromatic carbocycles. The lowest BCUT2D eigenvalue weighted by Crippen LogP contribution is -2.52. The molecule has 1 aliphatic rings. The second kappa shape index (κ2) is 8.73. The first-order valence-electron chi connectivity index (χ1n) is 9.92. The van der Waals surface area contributed by atoms with Gasteiger partial charge in [0.2, 0.25) is 0 Å². The van der Waals surface area contributed by atoms with Crippen LogP contribution in [0.2, 0.25) is 0 Å². The largest absolute Gasteiger partial charge is 0.468 e. The third-order valence-electron chi connectivity index (χ3n) is 6.39. The van der Waals surface area contributed by atoms with E-state index in [0.29, 0.717) is 25.0 Å². The van der Waals surface area contributed by atoms with E-state index in [-0.39, 0.29) is 5.41 Å². The second-order valence-electron chi connectivity index (χ2n) is 8.11. The van der Waals surface area contributed by atoms with Crippen LogP contribution in [0.15, 0.2) is 53.1 Å². The van der Waals surface area contributed by atoms with Crippen LogP contribution in [-0.2, 0) is 12.0 Å². The Morgan fingerprint density at radius 1 is 1.22 bits per heavy atom. The Kier molecular flexibility index (Phi) is 6.36. The van der Waals surface area contributed by atoms with Gasteiger partial charge in [0.15, 0.2) is 0 Å². The highest BCUT2D eigenvalue weighted by molar-refractivity contribution is 5.28. The summed E-state index contributed by atoms with van der Waals surface area (Å²) in [7, 11) is 2.23. The minimum absolute atomic E-state index is 0.143. The summed E-state index contributed by atoms with van der Waals surface area (Å²) in [5.74, 6) is 1.48. The molecular weight excluding hydrogens is 334 g/mol. The summed E-state index contributed by atoms with van der Waals surface area (Å²) >= 11 is 0. The Morgan fingerprint density at radius 2 is 2.00 bits per heavy atom. The molecule has 3 atom stereocenters. The van der Waals surface area contributed by atoms with Crippen molar-refractivity contribution in [3.05, 3.63) is 60.1 Å². The van der Waals surface area contributed by atoms with E-state index < -0.39 is 0 Å². The maximum Gasteiger partial charge on any atom is 0.117 e. The van der Waals surface area contributed by atoms with E-state index >= 15 is 0 Å². The predicted molar refractivity (Wildman–Crippen MR) is 108 cm³/mol. The maximum atomic E-state index is 9.28. The Hall–Kier alpha value is -2.09. The molecule has 1 aliphatic heterocycles. The Labute approximate surface area is 163 Å². The van der Waals surface area contributed by atoms with E-state index in [0.717, 1.165) is 31.7 Å². The van der Waals surface area contributed by atoms with Crippen molar-refractivity contribution in [2.24, 2.45) is 5.92 Å². The second-order valence-corrected chi connectivity index (χ2v) is 8.11. The summed E-state index contributed by atoms with van der Waals surface area (Å²) in [6, 6.07) is 17.7. The Morgan fingerprint density at radius 3 is 2.67 bits per heavy atom. The molecule has 0 unspecified atom stereocenters. The highest BCUT2D eigenvalue weighted by atomic mass is 16.3. The van der Waals surface area contributed by atoms with Crippen LogP contribution in [0, 0.1) is 17.2 Å². The summed E-state index contributed by atoms with van der Waals surface area (Å²) < 4.78 is 5.51. The maximum absolute atomic E-state index is 9.28. The number of nitriles is 1. The van der Waals surface area contributed by atoms with Gasteiger partial charge in [-0.25, -0.2) is 0 Å². The van der Waals surface area contributed by atoms with Gasteiger partial charge in [-0.1, -0.05) is 37.3 Å².